The molecule has 0 radical (unpaired) electrons. The molecular formula is C18H27F3N4O4. The minimum absolute atomic E-state index is 0.122. The quantitative estimate of drug-likeness (QED) is 0.750. The summed E-state index contributed by atoms with van der Waals surface area (Å²) in [4.78, 5) is 27.6. The van der Waals surface area contributed by atoms with Crippen molar-refractivity contribution in [1.82, 2.24) is 19.8 Å². The van der Waals surface area contributed by atoms with Crippen molar-refractivity contribution in [1.29, 1.82) is 0 Å². The summed E-state index contributed by atoms with van der Waals surface area (Å²) in [7, 11) is 1.83. The van der Waals surface area contributed by atoms with Crippen LogP contribution in [-0.4, -0.2) is 76.5 Å². The van der Waals surface area contributed by atoms with Gasteiger partial charge in [-0.25, -0.2) is 9.78 Å². The van der Waals surface area contributed by atoms with Gasteiger partial charge in [-0.05, 0) is 31.8 Å². The van der Waals surface area contributed by atoms with Gasteiger partial charge in [-0.15, -0.1) is 0 Å². The third kappa shape index (κ3) is 6.43. The monoisotopic (exact) mass is 420 g/mol. The van der Waals surface area contributed by atoms with Crippen molar-refractivity contribution in [2.45, 2.75) is 32.0 Å². The molecule has 1 aromatic rings. The van der Waals surface area contributed by atoms with E-state index in [0.717, 1.165) is 19.7 Å². The normalized spacial score (nSPS) is 24.4. The fourth-order valence-electron chi connectivity index (χ4n) is 3.75. The van der Waals surface area contributed by atoms with Crippen LogP contribution in [0.2, 0.25) is 0 Å². The first-order chi connectivity index (χ1) is 13.6. The molecular weight excluding hydrogens is 393 g/mol. The van der Waals surface area contributed by atoms with E-state index in [1.165, 1.54) is 19.4 Å². The third-order valence-electron chi connectivity index (χ3n) is 5.15. The maximum atomic E-state index is 12.1. The minimum Gasteiger partial charge on any atom is -0.475 e. The van der Waals surface area contributed by atoms with Gasteiger partial charge in [0.15, 0.2) is 5.82 Å². The smallest absolute Gasteiger partial charge is 0.475 e. The van der Waals surface area contributed by atoms with Crippen molar-refractivity contribution in [2.24, 2.45) is 18.9 Å². The first-order valence-electron chi connectivity index (χ1n) is 9.53. The molecule has 1 amide bonds. The van der Waals surface area contributed by atoms with E-state index in [1.54, 1.807) is 17.0 Å². The number of imidazole rings is 1. The average Bonchev–Trinajstić information content (AvgIpc) is 3.25. The molecule has 0 saturated carbocycles. The summed E-state index contributed by atoms with van der Waals surface area (Å²) in [5.41, 5.74) is 0. The number of nitrogens with zero attached hydrogens (tertiary/aromatic N) is 3. The molecule has 2 N–H and O–H groups in total. The molecule has 0 bridgehead atoms. The van der Waals surface area contributed by atoms with E-state index in [-0.39, 0.29) is 12.0 Å². The Bertz CT molecular complexity index is 695. The second-order valence-corrected chi connectivity index (χ2v) is 7.26. The Morgan fingerprint density at radius 2 is 2.10 bits per heavy atom. The molecule has 164 valence electrons. The van der Waals surface area contributed by atoms with Crippen LogP contribution in [0.4, 0.5) is 13.2 Å². The molecule has 0 spiro atoms. The molecule has 2 saturated heterocycles. The summed E-state index contributed by atoms with van der Waals surface area (Å²) in [6.07, 6.45) is 0.869. The maximum Gasteiger partial charge on any atom is 0.490 e. The number of nitrogens with one attached hydrogen (secondary N) is 1. The van der Waals surface area contributed by atoms with E-state index in [1.807, 2.05) is 7.05 Å². The highest BCUT2D eigenvalue weighted by atomic mass is 19.4. The summed E-state index contributed by atoms with van der Waals surface area (Å²) in [5, 5.41) is 10.1. The van der Waals surface area contributed by atoms with E-state index < -0.39 is 12.1 Å². The Morgan fingerprint density at radius 3 is 2.66 bits per heavy atom. The van der Waals surface area contributed by atoms with Gasteiger partial charge in [0.25, 0.3) is 5.91 Å². The zero-order valence-electron chi connectivity index (χ0n) is 16.5. The van der Waals surface area contributed by atoms with Crippen LogP contribution in [-0.2, 0) is 16.6 Å². The summed E-state index contributed by atoms with van der Waals surface area (Å²) in [6, 6.07) is 0. The van der Waals surface area contributed by atoms with Crippen molar-refractivity contribution < 1.29 is 32.6 Å². The molecule has 3 heterocycles. The van der Waals surface area contributed by atoms with Crippen LogP contribution in [0.1, 0.15) is 30.4 Å². The molecule has 0 unspecified atom stereocenters. The molecule has 2 aliphatic heterocycles. The molecule has 29 heavy (non-hydrogen) atoms. The van der Waals surface area contributed by atoms with Gasteiger partial charge in [0, 0.05) is 38.4 Å². The van der Waals surface area contributed by atoms with Crippen molar-refractivity contribution in [3.63, 3.8) is 0 Å². The van der Waals surface area contributed by atoms with Gasteiger partial charge in [-0.2, -0.15) is 13.2 Å². The number of halogens is 3. The summed E-state index contributed by atoms with van der Waals surface area (Å²) in [6.45, 7) is 7.12. The highest BCUT2D eigenvalue weighted by Gasteiger charge is 2.40. The second kappa shape index (κ2) is 10.1. The number of carboxylic acids is 1. The Kier molecular flexibility index (Phi) is 8.03. The minimum atomic E-state index is -5.08. The molecule has 8 nitrogen and oxygen atoms in total. The number of aryl methyl sites for hydroxylation is 1. The number of likely N-dealkylation sites (tertiary alicyclic amines) is 1. The van der Waals surface area contributed by atoms with Crippen LogP contribution < -0.4 is 5.32 Å². The van der Waals surface area contributed by atoms with Crippen molar-refractivity contribution in [2.75, 3.05) is 32.8 Å². The molecule has 1 aromatic heterocycles. The number of ether oxygens (including phenoxy) is 1. The van der Waals surface area contributed by atoms with Gasteiger partial charge >= 0.3 is 12.1 Å². The molecule has 11 heteroatoms. The fourth-order valence-corrected chi connectivity index (χ4v) is 3.75. The lowest BCUT2D eigenvalue weighted by Gasteiger charge is -2.35. The molecule has 2 aliphatic rings. The molecule has 0 aromatic carbocycles. The zero-order chi connectivity index (χ0) is 21.6. The highest BCUT2D eigenvalue weighted by Crippen LogP contribution is 2.34. The predicted molar refractivity (Wildman–Crippen MR) is 97.3 cm³/mol. The number of amides is 1. The largest absolute Gasteiger partial charge is 0.490 e. The fraction of sp³-hybridized carbons (Fsp3) is 0.722. The summed E-state index contributed by atoms with van der Waals surface area (Å²) >= 11 is 0. The van der Waals surface area contributed by atoms with Gasteiger partial charge < -0.3 is 24.6 Å². The maximum absolute atomic E-state index is 12.1. The van der Waals surface area contributed by atoms with Crippen molar-refractivity contribution in [3.8, 4) is 0 Å². The van der Waals surface area contributed by atoms with Crippen LogP contribution in [0.3, 0.4) is 0 Å². The van der Waals surface area contributed by atoms with Gasteiger partial charge in [0.05, 0.1) is 12.7 Å². The molecule has 2 fully saturated rings. The first kappa shape index (κ1) is 23.1. The number of hydrogen-bond donors (Lipinski definition) is 2. The van der Waals surface area contributed by atoms with Gasteiger partial charge in [-0.3, -0.25) is 4.79 Å². The number of carbonyl (C=O) groups is 2. The molecule has 3 atom stereocenters. The number of fused-ring (bicyclic) bond motifs is 1. The number of alkyl halides is 3. The number of carbonyl (C=O) groups excluding carboxylic acids is 1. The van der Waals surface area contributed by atoms with Crippen LogP contribution in [0.5, 0.6) is 0 Å². The highest BCUT2D eigenvalue weighted by molar-refractivity contribution is 5.90. The average molecular weight is 420 g/mol. The Hall–Kier alpha value is -2.14. The number of carboxylic acid groups (broad SMARTS) is 1. The standard InChI is InChI=1S/C16H26N4O2.C2HF3O2/c1-3-6-20-7-4-13-12(10-20)11-22-14(13)9-18-16(21)15-17-5-8-19(15)2;3-2(4,5)1(6)7/h5,8,12-14H,3-4,6-7,9-11H2,1-2H3,(H,18,21);(H,6,7)/t12-,13-,14+;/m1./s1. The Morgan fingerprint density at radius 1 is 1.41 bits per heavy atom. The summed E-state index contributed by atoms with van der Waals surface area (Å²) < 4.78 is 39.4. The van der Waals surface area contributed by atoms with Crippen molar-refractivity contribution in [3.05, 3.63) is 18.2 Å². The van der Waals surface area contributed by atoms with Gasteiger partial charge in [-0.1, -0.05) is 6.92 Å². The number of piperidine rings is 1. The lowest BCUT2D eigenvalue weighted by atomic mass is 9.84. The second-order valence-electron chi connectivity index (χ2n) is 7.26. The zero-order valence-corrected chi connectivity index (χ0v) is 16.5. The number of aromatic nitrogens is 2. The first-order valence-corrected chi connectivity index (χ1v) is 9.53. The van der Waals surface area contributed by atoms with E-state index in [9.17, 15) is 18.0 Å². The van der Waals surface area contributed by atoms with Gasteiger partial charge in [0.1, 0.15) is 0 Å². The van der Waals surface area contributed by atoms with E-state index in [0.29, 0.717) is 24.2 Å². The van der Waals surface area contributed by atoms with Gasteiger partial charge in [0.2, 0.25) is 0 Å². The summed E-state index contributed by atoms with van der Waals surface area (Å²) in [5.74, 6) is -1.23. The molecule has 3 rings (SSSR count). The SMILES string of the molecule is CCCN1CC[C@@H]2[C@@H](CO[C@H]2CNC(=O)c2nccn2C)C1.O=C(O)C(F)(F)F. The van der Waals surface area contributed by atoms with E-state index in [4.69, 9.17) is 14.6 Å². The Labute approximate surface area is 167 Å². The van der Waals surface area contributed by atoms with Crippen LogP contribution in [0.15, 0.2) is 12.4 Å². The number of aliphatic carboxylic acids is 1. The van der Waals surface area contributed by atoms with Crippen molar-refractivity contribution >= 4 is 11.9 Å². The Balaban J connectivity index is 0.000000370. The molecule has 0 aliphatic carbocycles. The predicted octanol–water partition coefficient (Wildman–Crippen LogP) is 1.53. The number of rotatable bonds is 5. The van der Waals surface area contributed by atoms with Crippen LogP contribution in [0.25, 0.3) is 0 Å². The van der Waals surface area contributed by atoms with Crippen LogP contribution >= 0.6 is 0 Å². The van der Waals surface area contributed by atoms with Crippen LogP contribution in [0, 0.1) is 11.8 Å². The lowest BCUT2D eigenvalue weighted by molar-refractivity contribution is -0.192. The van der Waals surface area contributed by atoms with E-state index >= 15 is 0 Å². The number of hydrogen-bond acceptors (Lipinski definition) is 5. The topological polar surface area (TPSA) is 96.7 Å². The van der Waals surface area contributed by atoms with E-state index in [2.05, 4.69) is 22.1 Å². The third-order valence-corrected chi connectivity index (χ3v) is 5.15. The lowest BCUT2D eigenvalue weighted by Crippen LogP contribution is -2.44.